The quantitative estimate of drug-likeness (QED) is 0.698. The predicted molar refractivity (Wildman–Crippen MR) is 51.3 cm³/mol. The van der Waals surface area contributed by atoms with Gasteiger partial charge in [-0.2, -0.15) is 0 Å². The molecule has 0 bridgehead atoms. The molecule has 1 aliphatic rings. The van der Waals surface area contributed by atoms with E-state index in [9.17, 15) is 0 Å². The summed E-state index contributed by atoms with van der Waals surface area (Å²) in [7, 11) is 0. The maximum atomic E-state index is 5.80. The molecule has 0 aromatic carbocycles. The molecule has 0 spiro atoms. The van der Waals surface area contributed by atoms with E-state index in [1.54, 1.807) is 0 Å². The van der Waals surface area contributed by atoms with Crippen molar-refractivity contribution < 1.29 is 4.74 Å². The van der Waals surface area contributed by atoms with Crippen LogP contribution in [0.1, 0.15) is 40.0 Å². The third kappa shape index (κ3) is 3.11. The average molecular weight is 171 g/mol. The van der Waals surface area contributed by atoms with E-state index in [-0.39, 0.29) is 5.60 Å². The van der Waals surface area contributed by atoms with Crippen molar-refractivity contribution in [1.82, 2.24) is 5.32 Å². The van der Waals surface area contributed by atoms with Crippen molar-refractivity contribution in [2.75, 3.05) is 13.2 Å². The average Bonchev–Trinajstić information content (AvgIpc) is 2.53. The Labute approximate surface area is 75.7 Å². The first-order valence-corrected chi connectivity index (χ1v) is 5.01. The van der Waals surface area contributed by atoms with E-state index in [0.717, 1.165) is 13.0 Å². The SMILES string of the molecule is CCC(C)(C)OC[C@H]1CCCN1. The smallest absolute Gasteiger partial charge is 0.0626 e. The molecule has 72 valence electrons. The van der Waals surface area contributed by atoms with Crippen molar-refractivity contribution >= 4 is 0 Å². The minimum atomic E-state index is 0.0598. The number of nitrogens with one attached hydrogen (secondary N) is 1. The molecular formula is C10H21NO. The van der Waals surface area contributed by atoms with Crippen LogP contribution in [0.2, 0.25) is 0 Å². The van der Waals surface area contributed by atoms with Gasteiger partial charge in [0.25, 0.3) is 0 Å². The van der Waals surface area contributed by atoms with Crippen molar-refractivity contribution in [3.63, 3.8) is 0 Å². The maximum Gasteiger partial charge on any atom is 0.0626 e. The van der Waals surface area contributed by atoms with Gasteiger partial charge >= 0.3 is 0 Å². The minimum absolute atomic E-state index is 0.0598. The summed E-state index contributed by atoms with van der Waals surface area (Å²) in [5.74, 6) is 0. The number of hydrogen-bond donors (Lipinski definition) is 1. The molecule has 1 saturated heterocycles. The van der Waals surface area contributed by atoms with Gasteiger partial charge < -0.3 is 10.1 Å². The minimum Gasteiger partial charge on any atom is -0.374 e. The highest BCUT2D eigenvalue weighted by molar-refractivity contribution is 4.75. The lowest BCUT2D eigenvalue weighted by atomic mass is 10.1. The molecule has 0 aromatic heterocycles. The van der Waals surface area contributed by atoms with Gasteiger partial charge in [0, 0.05) is 6.04 Å². The Hall–Kier alpha value is -0.0800. The zero-order valence-corrected chi connectivity index (χ0v) is 8.52. The van der Waals surface area contributed by atoms with Gasteiger partial charge in [0.2, 0.25) is 0 Å². The first-order valence-electron chi connectivity index (χ1n) is 5.01. The second-order valence-corrected chi connectivity index (χ2v) is 4.22. The lowest BCUT2D eigenvalue weighted by Crippen LogP contribution is -2.33. The van der Waals surface area contributed by atoms with E-state index >= 15 is 0 Å². The summed E-state index contributed by atoms with van der Waals surface area (Å²) in [6, 6.07) is 0.607. The molecule has 0 saturated carbocycles. The molecule has 0 amide bonds. The van der Waals surface area contributed by atoms with Crippen LogP contribution < -0.4 is 5.32 Å². The highest BCUT2D eigenvalue weighted by Gasteiger charge is 2.20. The van der Waals surface area contributed by atoms with Crippen molar-refractivity contribution in [1.29, 1.82) is 0 Å². The Bertz CT molecular complexity index is 128. The van der Waals surface area contributed by atoms with E-state index in [4.69, 9.17) is 4.74 Å². The Morgan fingerprint density at radius 1 is 1.50 bits per heavy atom. The van der Waals surface area contributed by atoms with Gasteiger partial charge in [-0.05, 0) is 39.7 Å². The van der Waals surface area contributed by atoms with Gasteiger partial charge in [-0.3, -0.25) is 0 Å². The molecule has 0 radical (unpaired) electrons. The summed E-state index contributed by atoms with van der Waals surface area (Å²) in [5, 5.41) is 3.43. The molecule has 1 N–H and O–H groups in total. The van der Waals surface area contributed by atoms with Gasteiger partial charge in [-0.15, -0.1) is 0 Å². The number of ether oxygens (including phenoxy) is 1. The fourth-order valence-corrected chi connectivity index (χ4v) is 1.33. The van der Waals surface area contributed by atoms with Crippen molar-refractivity contribution in [3.8, 4) is 0 Å². The largest absolute Gasteiger partial charge is 0.374 e. The van der Waals surface area contributed by atoms with Crippen LogP contribution in [0.4, 0.5) is 0 Å². The third-order valence-electron chi connectivity index (χ3n) is 2.69. The Morgan fingerprint density at radius 2 is 2.25 bits per heavy atom. The van der Waals surface area contributed by atoms with Crippen LogP contribution in [0.25, 0.3) is 0 Å². The molecule has 2 heteroatoms. The first kappa shape index (κ1) is 10.0. The Morgan fingerprint density at radius 3 is 2.75 bits per heavy atom. The van der Waals surface area contributed by atoms with E-state index in [1.807, 2.05) is 0 Å². The standard InChI is InChI=1S/C10H21NO/c1-4-10(2,3)12-8-9-6-5-7-11-9/h9,11H,4-8H2,1-3H3/t9-/m1/s1. The Balaban J connectivity index is 2.15. The maximum absolute atomic E-state index is 5.80. The van der Waals surface area contributed by atoms with Gasteiger partial charge in [0.05, 0.1) is 12.2 Å². The van der Waals surface area contributed by atoms with Gasteiger partial charge in [-0.25, -0.2) is 0 Å². The second-order valence-electron chi connectivity index (χ2n) is 4.22. The lowest BCUT2D eigenvalue weighted by molar-refractivity contribution is -0.0283. The fourth-order valence-electron chi connectivity index (χ4n) is 1.33. The molecule has 1 aliphatic heterocycles. The van der Waals surface area contributed by atoms with Gasteiger partial charge in [-0.1, -0.05) is 6.92 Å². The van der Waals surface area contributed by atoms with E-state index in [2.05, 4.69) is 26.1 Å². The third-order valence-corrected chi connectivity index (χ3v) is 2.69. The molecule has 0 aromatic rings. The zero-order valence-electron chi connectivity index (χ0n) is 8.52. The zero-order chi connectivity index (χ0) is 9.03. The Kier molecular flexibility index (Phi) is 3.53. The molecule has 1 rings (SSSR count). The highest BCUT2D eigenvalue weighted by Crippen LogP contribution is 2.15. The van der Waals surface area contributed by atoms with Crippen LogP contribution in [0.5, 0.6) is 0 Å². The van der Waals surface area contributed by atoms with E-state index < -0.39 is 0 Å². The lowest BCUT2D eigenvalue weighted by Gasteiger charge is -2.25. The summed E-state index contributed by atoms with van der Waals surface area (Å²) in [4.78, 5) is 0. The van der Waals surface area contributed by atoms with Crippen molar-refractivity contribution in [2.24, 2.45) is 0 Å². The topological polar surface area (TPSA) is 21.3 Å². The number of rotatable bonds is 4. The first-order chi connectivity index (χ1) is 5.64. The molecular weight excluding hydrogens is 150 g/mol. The highest BCUT2D eigenvalue weighted by atomic mass is 16.5. The molecule has 1 atom stereocenters. The normalized spacial score (nSPS) is 24.8. The molecule has 1 heterocycles. The van der Waals surface area contributed by atoms with Gasteiger partial charge in [0.15, 0.2) is 0 Å². The molecule has 12 heavy (non-hydrogen) atoms. The summed E-state index contributed by atoms with van der Waals surface area (Å²) in [6.45, 7) is 8.52. The predicted octanol–water partition coefficient (Wildman–Crippen LogP) is 1.94. The van der Waals surface area contributed by atoms with Crippen LogP contribution in [0, 0.1) is 0 Å². The summed E-state index contributed by atoms with van der Waals surface area (Å²) < 4.78 is 5.80. The van der Waals surface area contributed by atoms with E-state index in [0.29, 0.717) is 6.04 Å². The van der Waals surface area contributed by atoms with Crippen LogP contribution in [-0.4, -0.2) is 24.8 Å². The monoisotopic (exact) mass is 171 g/mol. The fraction of sp³-hybridized carbons (Fsp3) is 1.00. The summed E-state index contributed by atoms with van der Waals surface area (Å²) >= 11 is 0. The van der Waals surface area contributed by atoms with Gasteiger partial charge in [0.1, 0.15) is 0 Å². The number of hydrogen-bond acceptors (Lipinski definition) is 2. The van der Waals surface area contributed by atoms with Crippen LogP contribution in [0.3, 0.4) is 0 Å². The van der Waals surface area contributed by atoms with Crippen LogP contribution >= 0.6 is 0 Å². The molecule has 0 unspecified atom stereocenters. The summed E-state index contributed by atoms with van der Waals surface area (Å²) in [6.07, 6.45) is 3.67. The van der Waals surface area contributed by atoms with Crippen LogP contribution in [-0.2, 0) is 4.74 Å². The van der Waals surface area contributed by atoms with Crippen LogP contribution in [0.15, 0.2) is 0 Å². The van der Waals surface area contributed by atoms with E-state index in [1.165, 1.54) is 19.4 Å². The molecule has 1 fully saturated rings. The molecule has 0 aliphatic carbocycles. The van der Waals surface area contributed by atoms with Crippen molar-refractivity contribution in [2.45, 2.75) is 51.7 Å². The second kappa shape index (κ2) is 4.24. The molecule has 2 nitrogen and oxygen atoms in total. The van der Waals surface area contributed by atoms with Crippen molar-refractivity contribution in [3.05, 3.63) is 0 Å². The summed E-state index contributed by atoms with van der Waals surface area (Å²) in [5.41, 5.74) is 0.0598.